The van der Waals surface area contributed by atoms with Crippen molar-refractivity contribution in [2.24, 2.45) is 5.92 Å². The second kappa shape index (κ2) is 8.90. The van der Waals surface area contributed by atoms with Gasteiger partial charge in [0.1, 0.15) is 0 Å². The van der Waals surface area contributed by atoms with Crippen LogP contribution in [0.5, 0.6) is 0 Å². The second-order valence-corrected chi connectivity index (χ2v) is 8.72. The smallest absolute Gasteiger partial charge is 0.223 e. The Kier molecular flexibility index (Phi) is 6.08. The van der Waals surface area contributed by atoms with Gasteiger partial charge in [-0.3, -0.25) is 14.6 Å². The summed E-state index contributed by atoms with van der Waals surface area (Å²) in [4.78, 5) is 38.7. The Morgan fingerprint density at radius 3 is 2.79 bits per heavy atom. The molecule has 0 radical (unpaired) electrons. The number of nitrogens with zero attached hydrogens (tertiary/aromatic N) is 4. The Labute approximate surface area is 175 Å². The molecule has 1 fully saturated rings. The molecule has 2 aromatic heterocycles. The third kappa shape index (κ3) is 4.75. The molecule has 3 heterocycles. The van der Waals surface area contributed by atoms with Crippen LogP contribution in [0.4, 0.5) is 5.13 Å². The van der Waals surface area contributed by atoms with Crippen molar-refractivity contribution < 1.29 is 9.59 Å². The maximum atomic E-state index is 12.6. The number of amides is 2. The van der Waals surface area contributed by atoms with E-state index in [9.17, 15) is 9.59 Å². The lowest BCUT2D eigenvalue weighted by atomic mass is 9.90. The van der Waals surface area contributed by atoms with Crippen LogP contribution in [0, 0.1) is 5.92 Å². The van der Waals surface area contributed by atoms with E-state index in [1.54, 1.807) is 24.5 Å². The van der Waals surface area contributed by atoms with Crippen LogP contribution in [0.3, 0.4) is 0 Å². The number of fused-ring (bicyclic) bond motifs is 1. The Morgan fingerprint density at radius 1 is 1.24 bits per heavy atom. The molecule has 7 nitrogen and oxygen atoms in total. The maximum Gasteiger partial charge on any atom is 0.223 e. The van der Waals surface area contributed by atoms with Crippen LogP contribution >= 0.6 is 11.3 Å². The highest BCUT2D eigenvalue weighted by Crippen LogP contribution is 2.34. The van der Waals surface area contributed by atoms with Gasteiger partial charge >= 0.3 is 0 Å². The van der Waals surface area contributed by atoms with Crippen molar-refractivity contribution >= 4 is 28.3 Å². The molecule has 1 atom stereocenters. The molecular weight excluding hydrogens is 386 g/mol. The standard InChI is InChI=1S/C21H27N5O2S/c1-15(27)25-10-12-26(13-11-25)21-24-18-6-5-16(14-19(18)29-21)20(28)23-9-7-17-4-2-3-8-22-17/h2-4,8,16H,5-7,9-14H2,1H3,(H,23,28)/t16-/m1/s1. The Morgan fingerprint density at radius 2 is 2.07 bits per heavy atom. The number of pyridine rings is 1. The Bertz CT molecular complexity index is 861. The summed E-state index contributed by atoms with van der Waals surface area (Å²) >= 11 is 1.71. The van der Waals surface area contributed by atoms with Gasteiger partial charge in [-0.2, -0.15) is 0 Å². The molecule has 8 heteroatoms. The molecule has 1 aliphatic heterocycles. The van der Waals surface area contributed by atoms with Gasteiger partial charge in [-0.05, 0) is 31.4 Å². The summed E-state index contributed by atoms with van der Waals surface area (Å²) in [5.74, 6) is 0.297. The molecule has 1 saturated heterocycles. The fourth-order valence-electron chi connectivity index (χ4n) is 3.94. The van der Waals surface area contributed by atoms with Crippen molar-refractivity contribution in [2.45, 2.75) is 32.6 Å². The van der Waals surface area contributed by atoms with Crippen LogP contribution in [0.25, 0.3) is 0 Å². The highest BCUT2D eigenvalue weighted by molar-refractivity contribution is 7.15. The number of hydrogen-bond acceptors (Lipinski definition) is 6. The van der Waals surface area contributed by atoms with E-state index < -0.39 is 0 Å². The number of nitrogens with one attached hydrogen (secondary N) is 1. The summed E-state index contributed by atoms with van der Waals surface area (Å²) in [7, 11) is 0. The van der Waals surface area contributed by atoms with E-state index in [-0.39, 0.29) is 17.7 Å². The zero-order chi connectivity index (χ0) is 20.2. The molecule has 0 aromatic carbocycles. The minimum absolute atomic E-state index is 0.0223. The summed E-state index contributed by atoms with van der Waals surface area (Å²) in [5.41, 5.74) is 2.15. The van der Waals surface area contributed by atoms with E-state index in [1.807, 2.05) is 23.1 Å². The fraction of sp³-hybridized carbons (Fsp3) is 0.524. The molecule has 0 saturated carbocycles. The number of aromatic nitrogens is 2. The summed E-state index contributed by atoms with van der Waals surface area (Å²) in [6, 6.07) is 5.84. The summed E-state index contributed by atoms with van der Waals surface area (Å²) < 4.78 is 0. The monoisotopic (exact) mass is 413 g/mol. The van der Waals surface area contributed by atoms with Gasteiger partial charge in [0.05, 0.1) is 5.69 Å². The van der Waals surface area contributed by atoms with Crippen LogP contribution in [0.15, 0.2) is 24.4 Å². The molecule has 2 aromatic rings. The van der Waals surface area contributed by atoms with Crippen LogP contribution in [-0.4, -0.2) is 59.4 Å². The number of piperazine rings is 1. The van der Waals surface area contributed by atoms with Gasteiger partial charge < -0.3 is 15.1 Å². The SMILES string of the molecule is CC(=O)N1CCN(c2nc3c(s2)C[C@H](C(=O)NCCc2ccccn2)CC3)CC1. The summed E-state index contributed by atoms with van der Waals surface area (Å²) in [6.45, 7) is 5.39. The highest BCUT2D eigenvalue weighted by Gasteiger charge is 2.29. The topological polar surface area (TPSA) is 78.4 Å². The first-order chi connectivity index (χ1) is 14.1. The molecule has 154 valence electrons. The van der Waals surface area contributed by atoms with Gasteiger partial charge in [0.25, 0.3) is 0 Å². The molecule has 1 N–H and O–H groups in total. The van der Waals surface area contributed by atoms with Gasteiger partial charge in [-0.1, -0.05) is 6.07 Å². The van der Waals surface area contributed by atoms with Crippen LogP contribution in [-0.2, 0) is 28.9 Å². The zero-order valence-corrected chi connectivity index (χ0v) is 17.6. The summed E-state index contributed by atoms with van der Waals surface area (Å²) in [6.07, 6.45) is 5.01. The van der Waals surface area contributed by atoms with Crippen molar-refractivity contribution in [1.82, 2.24) is 20.2 Å². The molecule has 1 aliphatic carbocycles. The van der Waals surface area contributed by atoms with Crippen molar-refractivity contribution in [2.75, 3.05) is 37.6 Å². The van der Waals surface area contributed by atoms with Gasteiger partial charge in [-0.15, -0.1) is 11.3 Å². The van der Waals surface area contributed by atoms with Gasteiger partial charge in [0.15, 0.2) is 5.13 Å². The molecule has 2 amide bonds. The first-order valence-electron chi connectivity index (χ1n) is 10.3. The molecule has 0 unspecified atom stereocenters. The maximum absolute atomic E-state index is 12.6. The largest absolute Gasteiger partial charge is 0.355 e. The average Bonchev–Trinajstić information content (AvgIpc) is 3.18. The average molecular weight is 414 g/mol. The zero-order valence-electron chi connectivity index (χ0n) is 16.8. The molecule has 4 rings (SSSR count). The van der Waals surface area contributed by atoms with Gasteiger partial charge in [0, 0.05) is 68.8 Å². The van der Waals surface area contributed by atoms with E-state index in [0.717, 1.165) is 68.4 Å². The van der Waals surface area contributed by atoms with Crippen molar-refractivity contribution in [1.29, 1.82) is 0 Å². The highest BCUT2D eigenvalue weighted by atomic mass is 32.1. The van der Waals surface area contributed by atoms with E-state index in [4.69, 9.17) is 4.98 Å². The summed E-state index contributed by atoms with van der Waals surface area (Å²) in [5, 5.41) is 4.11. The molecule has 2 aliphatic rings. The van der Waals surface area contributed by atoms with Crippen molar-refractivity contribution in [3.05, 3.63) is 40.7 Å². The molecule has 0 bridgehead atoms. The predicted octanol–water partition coefficient (Wildman–Crippen LogP) is 1.67. The van der Waals surface area contributed by atoms with Crippen molar-refractivity contribution in [3.8, 4) is 0 Å². The van der Waals surface area contributed by atoms with Crippen molar-refractivity contribution in [3.63, 3.8) is 0 Å². The van der Waals surface area contributed by atoms with Gasteiger partial charge in [-0.25, -0.2) is 4.98 Å². The number of thiazole rings is 1. The van der Waals surface area contributed by atoms with Gasteiger partial charge in [0.2, 0.25) is 11.8 Å². The normalized spacial score (nSPS) is 19.0. The Balaban J connectivity index is 1.29. The van der Waals surface area contributed by atoms with E-state index in [1.165, 1.54) is 4.88 Å². The fourth-order valence-corrected chi connectivity index (χ4v) is 5.18. The Hall–Kier alpha value is -2.48. The minimum atomic E-state index is 0.0223. The third-order valence-electron chi connectivity index (χ3n) is 5.70. The number of carbonyl (C=O) groups is 2. The molecule has 29 heavy (non-hydrogen) atoms. The number of hydrogen-bond donors (Lipinski definition) is 1. The quantitative estimate of drug-likeness (QED) is 0.807. The lowest BCUT2D eigenvalue weighted by Crippen LogP contribution is -2.48. The molecular formula is C21H27N5O2S. The number of rotatable bonds is 5. The first kappa shape index (κ1) is 19.8. The second-order valence-electron chi connectivity index (χ2n) is 7.66. The number of anilines is 1. The van der Waals surface area contributed by atoms with Crippen LogP contribution in [0.1, 0.15) is 29.6 Å². The lowest BCUT2D eigenvalue weighted by molar-refractivity contribution is -0.129. The first-order valence-corrected chi connectivity index (χ1v) is 11.1. The minimum Gasteiger partial charge on any atom is -0.355 e. The lowest BCUT2D eigenvalue weighted by Gasteiger charge is -2.33. The van der Waals surface area contributed by atoms with E-state index in [2.05, 4.69) is 15.2 Å². The van der Waals surface area contributed by atoms with E-state index in [0.29, 0.717) is 6.54 Å². The predicted molar refractivity (Wildman–Crippen MR) is 113 cm³/mol. The third-order valence-corrected chi connectivity index (χ3v) is 6.88. The van der Waals surface area contributed by atoms with Crippen LogP contribution < -0.4 is 10.2 Å². The molecule has 0 spiro atoms. The number of aryl methyl sites for hydroxylation is 1. The van der Waals surface area contributed by atoms with Crippen LogP contribution in [0.2, 0.25) is 0 Å². The van der Waals surface area contributed by atoms with E-state index >= 15 is 0 Å². The number of carbonyl (C=O) groups excluding carboxylic acids is 2.